The van der Waals surface area contributed by atoms with Crippen molar-refractivity contribution in [2.45, 2.75) is 31.5 Å². The molecular weight excluding hydrogens is 322 g/mol. The molecule has 0 saturated carbocycles. The average molecular weight is 345 g/mol. The van der Waals surface area contributed by atoms with Gasteiger partial charge in [-0.3, -0.25) is 15.4 Å². The van der Waals surface area contributed by atoms with Crippen LogP contribution in [0.1, 0.15) is 6.92 Å². The number of allylic oxidation sites excluding steroid dienone is 2. The smallest absolute Gasteiger partial charge is 0.258 e. The zero-order valence-electron chi connectivity index (χ0n) is 13.9. The van der Waals surface area contributed by atoms with E-state index < -0.39 is 18.6 Å². The van der Waals surface area contributed by atoms with E-state index in [1.165, 1.54) is 4.90 Å². The number of hydrogen-bond acceptors (Lipinski definition) is 7. The predicted octanol–water partition coefficient (Wildman–Crippen LogP) is -1.60. The number of carbonyl (C=O) groups excluding carboxylic acids is 1. The summed E-state index contributed by atoms with van der Waals surface area (Å²) < 4.78 is 0. The number of aliphatic hydroxyl groups excluding tert-OH is 2. The van der Waals surface area contributed by atoms with Crippen molar-refractivity contribution in [3.63, 3.8) is 0 Å². The molecule has 0 bridgehead atoms. The number of nitrogens with zero attached hydrogens (tertiary/aromatic N) is 1. The molecule has 1 fully saturated rings. The molecule has 1 aliphatic carbocycles. The van der Waals surface area contributed by atoms with Crippen LogP contribution in [0, 0.1) is 5.92 Å². The zero-order chi connectivity index (χ0) is 17.6. The Labute approximate surface area is 146 Å². The Morgan fingerprint density at radius 3 is 3.04 bits per heavy atom. The van der Waals surface area contributed by atoms with Crippen molar-refractivity contribution in [1.29, 1.82) is 0 Å². The SMILES string of the molecule is CC1NC2NC=CC2C(NC2=CC3=CN(C(=O)[C@H](O)CO)CC3=C2)N1. The molecular formula is C17H23N5O3. The monoisotopic (exact) mass is 345 g/mol. The summed E-state index contributed by atoms with van der Waals surface area (Å²) in [6, 6.07) is 0. The third-order valence-electron chi connectivity index (χ3n) is 4.93. The summed E-state index contributed by atoms with van der Waals surface area (Å²) in [5.74, 6) is -0.185. The van der Waals surface area contributed by atoms with Crippen molar-refractivity contribution >= 4 is 5.91 Å². The van der Waals surface area contributed by atoms with Crippen LogP contribution in [0.4, 0.5) is 0 Å². The molecule has 3 heterocycles. The molecule has 0 aromatic heterocycles. The van der Waals surface area contributed by atoms with E-state index in [9.17, 15) is 9.90 Å². The summed E-state index contributed by atoms with van der Waals surface area (Å²) in [5.41, 5.74) is 2.99. The topological polar surface area (TPSA) is 109 Å². The molecule has 1 saturated heterocycles. The molecule has 4 rings (SSSR count). The van der Waals surface area contributed by atoms with Gasteiger partial charge in [-0.25, -0.2) is 0 Å². The molecule has 0 aromatic carbocycles. The fraction of sp³-hybridized carbons (Fsp3) is 0.471. The van der Waals surface area contributed by atoms with Gasteiger partial charge in [0.05, 0.1) is 31.6 Å². The number of amides is 1. The first-order valence-electron chi connectivity index (χ1n) is 8.50. The maximum absolute atomic E-state index is 11.9. The first-order chi connectivity index (χ1) is 12.0. The summed E-state index contributed by atoms with van der Waals surface area (Å²) >= 11 is 0. The molecule has 3 aliphatic heterocycles. The van der Waals surface area contributed by atoms with Crippen LogP contribution in [-0.4, -0.2) is 58.8 Å². The quantitative estimate of drug-likeness (QED) is 0.364. The number of hydrogen-bond donors (Lipinski definition) is 6. The molecule has 25 heavy (non-hydrogen) atoms. The number of aliphatic hydroxyl groups is 2. The van der Waals surface area contributed by atoms with Crippen LogP contribution in [0.2, 0.25) is 0 Å². The molecule has 8 heteroatoms. The predicted molar refractivity (Wildman–Crippen MR) is 91.3 cm³/mol. The maximum atomic E-state index is 11.9. The first-order valence-corrected chi connectivity index (χ1v) is 8.50. The largest absolute Gasteiger partial charge is 0.393 e. The van der Waals surface area contributed by atoms with E-state index in [0.29, 0.717) is 12.5 Å². The van der Waals surface area contributed by atoms with Crippen molar-refractivity contribution in [1.82, 2.24) is 26.2 Å². The van der Waals surface area contributed by atoms with Crippen LogP contribution in [0.5, 0.6) is 0 Å². The normalized spacial score (nSPS) is 33.9. The third-order valence-corrected chi connectivity index (χ3v) is 4.93. The molecule has 6 N–H and O–H groups in total. The molecule has 5 atom stereocenters. The maximum Gasteiger partial charge on any atom is 0.258 e. The van der Waals surface area contributed by atoms with Gasteiger partial charge in [0.15, 0.2) is 6.10 Å². The van der Waals surface area contributed by atoms with E-state index in [1.807, 2.05) is 18.4 Å². The van der Waals surface area contributed by atoms with Gasteiger partial charge in [0.25, 0.3) is 5.91 Å². The van der Waals surface area contributed by atoms with Gasteiger partial charge in [-0.05, 0) is 36.4 Å². The van der Waals surface area contributed by atoms with E-state index in [0.717, 1.165) is 16.8 Å². The summed E-state index contributed by atoms with van der Waals surface area (Å²) in [7, 11) is 0. The standard InChI is InChI=1S/C17H23N5O3/c1-9-19-15-13(2-3-18-15)16(20-9)21-12-4-10-6-22(7-11(10)5-12)17(25)14(24)8-23/h2-6,9,13-16,18-21,23-24H,7-8H2,1H3/t9?,13?,14-,15?,16?/m1/s1. The second-order valence-electron chi connectivity index (χ2n) is 6.78. The molecule has 0 aromatic rings. The number of nitrogens with one attached hydrogen (secondary N) is 4. The fourth-order valence-electron chi connectivity index (χ4n) is 3.69. The number of carbonyl (C=O) groups is 1. The minimum Gasteiger partial charge on any atom is -0.393 e. The van der Waals surface area contributed by atoms with E-state index in [2.05, 4.69) is 34.3 Å². The molecule has 134 valence electrons. The average Bonchev–Trinajstić information content (AvgIpc) is 3.27. The van der Waals surface area contributed by atoms with Crippen LogP contribution >= 0.6 is 0 Å². The Balaban J connectivity index is 1.44. The Bertz CT molecular complexity index is 698. The van der Waals surface area contributed by atoms with Gasteiger partial charge >= 0.3 is 0 Å². The molecule has 0 radical (unpaired) electrons. The van der Waals surface area contributed by atoms with Crippen LogP contribution in [0.15, 0.2) is 47.5 Å². The summed E-state index contributed by atoms with van der Waals surface area (Å²) in [6.45, 7) is 1.93. The number of rotatable bonds is 4. The van der Waals surface area contributed by atoms with E-state index in [-0.39, 0.29) is 18.5 Å². The van der Waals surface area contributed by atoms with Crippen molar-refractivity contribution < 1.29 is 15.0 Å². The Morgan fingerprint density at radius 2 is 2.28 bits per heavy atom. The van der Waals surface area contributed by atoms with Crippen molar-refractivity contribution in [3.05, 3.63) is 47.5 Å². The third kappa shape index (κ3) is 2.98. The summed E-state index contributed by atoms with van der Waals surface area (Å²) in [6.07, 6.45) is 9.02. The highest BCUT2D eigenvalue weighted by Crippen LogP contribution is 2.30. The van der Waals surface area contributed by atoms with Gasteiger partial charge in [0.2, 0.25) is 0 Å². The lowest BCUT2D eigenvalue weighted by Crippen LogP contribution is -2.67. The second-order valence-corrected chi connectivity index (χ2v) is 6.78. The minimum absolute atomic E-state index is 0.101. The molecule has 0 spiro atoms. The zero-order valence-corrected chi connectivity index (χ0v) is 13.9. The van der Waals surface area contributed by atoms with Crippen LogP contribution in [-0.2, 0) is 4.79 Å². The van der Waals surface area contributed by atoms with Crippen LogP contribution in [0.25, 0.3) is 0 Å². The Hall–Kier alpha value is -2.13. The van der Waals surface area contributed by atoms with Gasteiger partial charge in [-0.2, -0.15) is 0 Å². The Morgan fingerprint density at radius 1 is 1.44 bits per heavy atom. The summed E-state index contributed by atoms with van der Waals surface area (Å²) in [4.78, 5) is 13.4. The lowest BCUT2D eigenvalue weighted by atomic mass is 10.0. The van der Waals surface area contributed by atoms with Crippen molar-refractivity contribution in [2.75, 3.05) is 13.2 Å². The Kier molecular flexibility index (Phi) is 4.12. The second kappa shape index (κ2) is 6.30. The first kappa shape index (κ1) is 16.3. The minimum atomic E-state index is -1.36. The molecule has 4 aliphatic rings. The highest BCUT2D eigenvalue weighted by molar-refractivity contribution is 5.83. The highest BCUT2D eigenvalue weighted by atomic mass is 16.3. The van der Waals surface area contributed by atoms with Crippen molar-refractivity contribution in [2.24, 2.45) is 5.92 Å². The van der Waals surface area contributed by atoms with Gasteiger partial charge in [-0.15, -0.1) is 0 Å². The lowest BCUT2D eigenvalue weighted by molar-refractivity contribution is -0.138. The fourth-order valence-corrected chi connectivity index (χ4v) is 3.69. The van der Waals surface area contributed by atoms with Gasteiger partial charge in [0.1, 0.15) is 0 Å². The van der Waals surface area contributed by atoms with Gasteiger partial charge < -0.3 is 25.7 Å². The lowest BCUT2D eigenvalue weighted by Gasteiger charge is -2.40. The molecule has 4 unspecified atom stereocenters. The van der Waals surface area contributed by atoms with Crippen molar-refractivity contribution in [3.8, 4) is 0 Å². The van der Waals surface area contributed by atoms with Gasteiger partial charge in [-0.1, -0.05) is 6.08 Å². The van der Waals surface area contributed by atoms with Gasteiger partial charge in [0, 0.05) is 17.8 Å². The highest BCUT2D eigenvalue weighted by Gasteiger charge is 2.37. The molecule has 8 nitrogen and oxygen atoms in total. The van der Waals surface area contributed by atoms with E-state index >= 15 is 0 Å². The summed E-state index contributed by atoms with van der Waals surface area (Å²) in [5, 5.41) is 32.2. The number of fused-ring (bicyclic) bond motifs is 2. The van der Waals surface area contributed by atoms with E-state index in [4.69, 9.17) is 5.11 Å². The van der Waals surface area contributed by atoms with Crippen LogP contribution in [0.3, 0.4) is 0 Å². The van der Waals surface area contributed by atoms with Crippen LogP contribution < -0.4 is 21.3 Å². The molecule has 1 amide bonds. The van der Waals surface area contributed by atoms with E-state index in [1.54, 1.807) is 6.20 Å².